The zero-order valence-electron chi connectivity index (χ0n) is 24.2. The van der Waals surface area contributed by atoms with E-state index in [0.29, 0.717) is 56.6 Å². The van der Waals surface area contributed by atoms with Gasteiger partial charge in [-0.1, -0.05) is 12.1 Å². The van der Waals surface area contributed by atoms with Crippen molar-refractivity contribution in [3.8, 4) is 5.75 Å². The molecule has 0 fully saturated rings. The topological polar surface area (TPSA) is 99.6 Å². The first kappa shape index (κ1) is 31.8. The maximum atomic E-state index is 15.6. The SMILES string of the molecule is CC(C)S(=O)(=O)CCOCCC1(c2cc3c(Nc4ccc(OCc5cccc(F)c5)c(Br)c4)ncnc3cc2F)CC=CO1. The molecule has 1 aliphatic heterocycles. The number of rotatable bonds is 13. The standard InChI is InChI=1S/C32H32BrF2N3O5S/c1-21(2)44(39,40)14-13-41-12-10-32(9-4-11-43-32)26-17-25-29(18-28(26)35)36-20-37-31(25)38-24-7-8-30(27(33)16-24)42-19-22-5-3-6-23(34)15-22/h3-8,11,15-18,20-21H,9-10,12-14,19H2,1-2H3,(H,36,37,38). The molecule has 3 aromatic carbocycles. The van der Waals surface area contributed by atoms with Crippen LogP contribution in [0.25, 0.3) is 10.9 Å². The lowest BCUT2D eigenvalue weighted by molar-refractivity contribution is 0.000259. The molecule has 12 heteroatoms. The highest BCUT2D eigenvalue weighted by Gasteiger charge is 2.38. The second-order valence-electron chi connectivity index (χ2n) is 10.7. The van der Waals surface area contributed by atoms with E-state index in [1.807, 2.05) is 18.2 Å². The van der Waals surface area contributed by atoms with Crippen LogP contribution in [0.4, 0.5) is 20.3 Å². The molecule has 1 aromatic heterocycles. The minimum absolute atomic E-state index is 0.0519. The molecular formula is C32H32BrF2N3O5S. The molecule has 0 saturated heterocycles. The first-order valence-corrected chi connectivity index (χ1v) is 16.6. The van der Waals surface area contributed by atoms with Gasteiger partial charge in [-0.25, -0.2) is 27.2 Å². The third kappa shape index (κ3) is 7.36. The van der Waals surface area contributed by atoms with Crippen LogP contribution >= 0.6 is 15.9 Å². The highest BCUT2D eigenvalue weighted by molar-refractivity contribution is 9.10. The third-order valence-corrected chi connectivity index (χ3v) is 10.2. The maximum absolute atomic E-state index is 15.6. The Kier molecular flexibility index (Phi) is 9.81. The summed E-state index contributed by atoms with van der Waals surface area (Å²) in [7, 11) is -3.22. The Morgan fingerprint density at radius 1 is 1.09 bits per heavy atom. The Balaban J connectivity index is 1.33. The number of benzene rings is 3. The smallest absolute Gasteiger partial charge is 0.154 e. The predicted octanol–water partition coefficient (Wildman–Crippen LogP) is 7.35. The van der Waals surface area contributed by atoms with Gasteiger partial charge in [-0.15, -0.1) is 0 Å². The molecule has 0 amide bonds. The van der Waals surface area contributed by atoms with Crippen LogP contribution in [0.2, 0.25) is 0 Å². The average molecular weight is 689 g/mol. The summed E-state index contributed by atoms with van der Waals surface area (Å²) in [4.78, 5) is 8.68. The minimum Gasteiger partial charge on any atom is -0.490 e. The second kappa shape index (κ2) is 13.6. The van der Waals surface area contributed by atoms with E-state index in [2.05, 4.69) is 31.2 Å². The van der Waals surface area contributed by atoms with Crippen LogP contribution in [-0.2, 0) is 31.5 Å². The van der Waals surface area contributed by atoms with Crippen molar-refractivity contribution in [3.63, 3.8) is 0 Å². The Hall–Kier alpha value is -3.61. The van der Waals surface area contributed by atoms with Gasteiger partial charge in [0.2, 0.25) is 0 Å². The Labute approximate surface area is 263 Å². The van der Waals surface area contributed by atoms with Gasteiger partial charge in [0.15, 0.2) is 9.84 Å². The van der Waals surface area contributed by atoms with E-state index in [9.17, 15) is 12.8 Å². The number of aromatic nitrogens is 2. The van der Waals surface area contributed by atoms with E-state index in [1.54, 1.807) is 44.4 Å². The van der Waals surface area contributed by atoms with Gasteiger partial charge in [0.05, 0.1) is 40.5 Å². The van der Waals surface area contributed by atoms with Crippen LogP contribution in [0.5, 0.6) is 5.75 Å². The lowest BCUT2D eigenvalue weighted by atomic mass is 9.87. The van der Waals surface area contributed by atoms with E-state index in [1.165, 1.54) is 24.5 Å². The molecule has 4 aromatic rings. The highest BCUT2D eigenvalue weighted by Crippen LogP contribution is 2.41. The van der Waals surface area contributed by atoms with E-state index in [-0.39, 0.29) is 31.4 Å². The number of hydrogen-bond donors (Lipinski definition) is 1. The van der Waals surface area contributed by atoms with Gasteiger partial charge in [-0.05, 0) is 77.8 Å². The molecule has 0 spiro atoms. The van der Waals surface area contributed by atoms with Crippen LogP contribution in [-0.4, -0.2) is 42.6 Å². The van der Waals surface area contributed by atoms with Gasteiger partial charge in [-0.2, -0.15) is 0 Å². The van der Waals surface area contributed by atoms with Gasteiger partial charge in [0.1, 0.15) is 41.7 Å². The van der Waals surface area contributed by atoms with Crippen molar-refractivity contribution in [2.75, 3.05) is 24.3 Å². The van der Waals surface area contributed by atoms with Crippen LogP contribution < -0.4 is 10.1 Å². The molecule has 1 atom stereocenters. The van der Waals surface area contributed by atoms with Crippen LogP contribution in [0, 0.1) is 11.6 Å². The fourth-order valence-corrected chi connectivity index (χ4v) is 6.15. The van der Waals surface area contributed by atoms with Gasteiger partial charge in [0.25, 0.3) is 0 Å². The van der Waals surface area contributed by atoms with Gasteiger partial charge in [-0.3, -0.25) is 0 Å². The lowest BCUT2D eigenvalue weighted by Gasteiger charge is -2.30. The van der Waals surface area contributed by atoms with E-state index < -0.39 is 26.5 Å². The van der Waals surface area contributed by atoms with Crippen molar-refractivity contribution >= 4 is 48.2 Å². The third-order valence-electron chi connectivity index (χ3n) is 7.41. The van der Waals surface area contributed by atoms with E-state index >= 15 is 4.39 Å². The first-order valence-electron chi connectivity index (χ1n) is 14.1. The summed E-state index contributed by atoms with van der Waals surface area (Å²) in [5.41, 5.74) is 1.12. The summed E-state index contributed by atoms with van der Waals surface area (Å²) >= 11 is 3.53. The quantitative estimate of drug-likeness (QED) is 0.146. The van der Waals surface area contributed by atoms with Crippen molar-refractivity contribution in [3.05, 3.63) is 100 Å². The molecule has 44 heavy (non-hydrogen) atoms. The molecule has 1 unspecified atom stereocenters. The van der Waals surface area contributed by atoms with Gasteiger partial charge < -0.3 is 19.5 Å². The summed E-state index contributed by atoms with van der Waals surface area (Å²) in [6, 6.07) is 14.7. The fourth-order valence-electron chi connectivity index (χ4n) is 4.83. The molecule has 2 heterocycles. The lowest BCUT2D eigenvalue weighted by Crippen LogP contribution is -2.29. The summed E-state index contributed by atoms with van der Waals surface area (Å²) < 4.78 is 71.4. The number of halogens is 3. The summed E-state index contributed by atoms with van der Waals surface area (Å²) in [5.74, 6) is 0.163. The fraction of sp³-hybridized carbons (Fsp3) is 0.312. The Morgan fingerprint density at radius 3 is 2.66 bits per heavy atom. The number of hydrogen-bond acceptors (Lipinski definition) is 8. The second-order valence-corrected chi connectivity index (χ2v) is 14.3. The number of nitrogens with one attached hydrogen (secondary N) is 1. The summed E-state index contributed by atoms with van der Waals surface area (Å²) in [5, 5.41) is 3.39. The molecule has 5 rings (SSSR count). The molecular weight excluding hydrogens is 656 g/mol. The van der Waals surface area contributed by atoms with E-state index in [4.69, 9.17) is 14.2 Å². The molecule has 0 bridgehead atoms. The predicted molar refractivity (Wildman–Crippen MR) is 169 cm³/mol. The monoisotopic (exact) mass is 687 g/mol. The maximum Gasteiger partial charge on any atom is 0.154 e. The largest absolute Gasteiger partial charge is 0.490 e. The number of fused-ring (bicyclic) bond motifs is 1. The number of anilines is 2. The van der Waals surface area contributed by atoms with E-state index in [0.717, 1.165) is 0 Å². The normalized spacial score (nSPS) is 16.4. The van der Waals surface area contributed by atoms with Crippen LogP contribution in [0.1, 0.15) is 37.8 Å². The molecule has 1 N–H and O–H groups in total. The van der Waals surface area contributed by atoms with Crippen LogP contribution in [0.3, 0.4) is 0 Å². The summed E-state index contributed by atoms with van der Waals surface area (Å²) in [6.07, 6.45) is 5.46. The number of sulfone groups is 1. The number of nitrogens with zero attached hydrogens (tertiary/aromatic N) is 2. The molecule has 0 radical (unpaired) electrons. The van der Waals surface area contributed by atoms with Crippen molar-refractivity contribution < 1.29 is 31.4 Å². The van der Waals surface area contributed by atoms with Crippen molar-refractivity contribution in [2.45, 2.75) is 44.1 Å². The summed E-state index contributed by atoms with van der Waals surface area (Å²) in [6.45, 7) is 3.71. The molecule has 0 aliphatic carbocycles. The average Bonchev–Trinajstić information content (AvgIpc) is 3.46. The Bertz CT molecular complexity index is 1780. The van der Waals surface area contributed by atoms with Gasteiger partial charge in [0, 0.05) is 35.5 Å². The van der Waals surface area contributed by atoms with Gasteiger partial charge >= 0.3 is 0 Å². The van der Waals surface area contributed by atoms with Crippen LogP contribution in [0.15, 0.2) is 77.7 Å². The number of ether oxygens (including phenoxy) is 3. The zero-order valence-corrected chi connectivity index (χ0v) is 26.6. The molecule has 1 aliphatic rings. The minimum atomic E-state index is -3.22. The zero-order chi connectivity index (χ0) is 31.3. The highest BCUT2D eigenvalue weighted by atomic mass is 79.9. The molecule has 232 valence electrons. The molecule has 0 saturated carbocycles. The first-order chi connectivity index (χ1) is 21.1. The Morgan fingerprint density at radius 2 is 1.93 bits per heavy atom. The van der Waals surface area contributed by atoms with Crippen molar-refractivity contribution in [1.82, 2.24) is 9.97 Å². The molecule has 8 nitrogen and oxygen atoms in total. The van der Waals surface area contributed by atoms with Crippen molar-refractivity contribution in [1.29, 1.82) is 0 Å². The van der Waals surface area contributed by atoms with Crippen molar-refractivity contribution in [2.24, 2.45) is 0 Å².